The van der Waals surface area contributed by atoms with Crippen molar-refractivity contribution in [1.82, 2.24) is 4.98 Å². The van der Waals surface area contributed by atoms with Crippen molar-refractivity contribution in [2.75, 3.05) is 17.7 Å². The van der Waals surface area contributed by atoms with Crippen LogP contribution in [0.3, 0.4) is 0 Å². The zero-order valence-corrected chi connectivity index (χ0v) is 11.0. The summed E-state index contributed by atoms with van der Waals surface area (Å²) >= 11 is 1.69. The van der Waals surface area contributed by atoms with Crippen molar-refractivity contribution in [2.45, 2.75) is 4.90 Å². The summed E-state index contributed by atoms with van der Waals surface area (Å²) in [6, 6.07) is 11.8. The van der Waals surface area contributed by atoms with Crippen molar-refractivity contribution in [2.24, 2.45) is 0 Å². The Balaban J connectivity index is 0.00000144. The second kappa shape index (κ2) is 5.80. The van der Waals surface area contributed by atoms with Crippen LogP contribution in [0, 0.1) is 0 Å². The molecule has 0 spiro atoms. The van der Waals surface area contributed by atoms with Gasteiger partial charge in [-0.05, 0) is 30.0 Å². The number of rotatable bonds is 2. The van der Waals surface area contributed by atoms with Crippen LogP contribution in [0.1, 0.15) is 0 Å². The van der Waals surface area contributed by atoms with Crippen molar-refractivity contribution in [1.29, 1.82) is 0 Å². The molecule has 1 aromatic carbocycles. The number of hydrogen-bond acceptors (Lipinski definition) is 4. The Hall–Kier alpha value is -1.39. The van der Waals surface area contributed by atoms with Crippen molar-refractivity contribution in [3.8, 4) is 11.1 Å². The van der Waals surface area contributed by atoms with Crippen LogP contribution in [0.4, 0.5) is 11.6 Å². The molecule has 0 aliphatic heterocycles. The average Bonchev–Trinajstić information content (AvgIpc) is 2.29. The Labute approximate surface area is 111 Å². The van der Waals surface area contributed by atoms with Crippen LogP contribution in [-0.4, -0.2) is 11.2 Å². The number of anilines is 2. The van der Waals surface area contributed by atoms with Gasteiger partial charge in [0.05, 0.1) is 0 Å². The van der Waals surface area contributed by atoms with Crippen LogP contribution in [-0.2, 0) is 0 Å². The summed E-state index contributed by atoms with van der Waals surface area (Å²) in [5.41, 5.74) is 13.5. The van der Waals surface area contributed by atoms with Gasteiger partial charge in [-0.1, -0.05) is 18.2 Å². The zero-order chi connectivity index (χ0) is 11.5. The van der Waals surface area contributed by atoms with E-state index in [-0.39, 0.29) is 12.4 Å². The lowest BCUT2D eigenvalue weighted by atomic mass is 10.1. The van der Waals surface area contributed by atoms with E-state index in [0.717, 1.165) is 11.1 Å². The summed E-state index contributed by atoms with van der Waals surface area (Å²) in [6.07, 6.45) is 2.04. The maximum Gasteiger partial charge on any atom is 0.133 e. The highest BCUT2D eigenvalue weighted by Crippen LogP contribution is 2.32. The van der Waals surface area contributed by atoms with Crippen LogP contribution in [0.25, 0.3) is 11.1 Å². The highest BCUT2D eigenvalue weighted by atomic mass is 35.5. The van der Waals surface area contributed by atoms with Crippen molar-refractivity contribution < 1.29 is 0 Å². The first kappa shape index (κ1) is 13.7. The van der Waals surface area contributed by atoms with Crippen molar-refractivity contribution in [3.05, 3.63) is 36.4 Å². The molecule has 0 amide bonds. The zero-order valence-electron chi connectivity index (χ0n) is 9.38. The maximum atomic E-state index is 5.88. The molecule has 2 rings (SSSR count). The Morgan fingerprint density at radius 1 is 1.00 bits per heavy atom. The Morgan fingerprint density at radius 3 is 2.35 bits per heavy atom. The molecule has 0 unspecified atom stereocenters. The van der Waals surface area contributed by atoms with Gasteiger partial charge in [0.15, 0.2) is 0 Å². The highest BCUT2D eigenvalue weighted by molar-refractivity contribution is 7.98. The Kier molecular flexibility index (Phi) is 4.66. The monoisotopic (exact) mass is 267 g/mol. The van der Waals surface area contributed by atoms with Gasteiger partial charge in [0.25, 0.3) is 0 Å². The minimum absolute atomic E-state index is 0. The summed E-state index contributed by atoms with van der Waals surface area (Å²) in [4.78, 5) is 5.25. The van der Waals surface area contributed by atoms with Gasteiger partial charge in [-0.15, -0.1) is 24.2 Å². The topological polar surface area (TPSA) is 64.9 Å². The van der Waals surface area contributed by atoms with Gasteiger partial charge in [-0.2, -0.15) is 0 Å². The number of nitrogen functional groups attached to an aromatic ring is 2. The molecule has 2 aromatic rings. The van der Waals surface area contributed by atoms with E-state index >= 15 is 0 Å². The van der Waals surface area contributed by atoms with E-state index in [4.69, 9.17) is 11.5 Å². The second-order valence-corrected chi connectivity index (χ2v) is 4.22. The number of nitrogens with two attached hydrogens (primary N) is 2. The second-order valence-electron chi connectivity index (χ2n) is 3.37. The van der Waals surface area contributed by atoms with E-state index in [1.165, 1.54) is 4.90 Å². The van der Waals surface area contributed by atoms with Gasteiger partial charge in [0.2, 0.25) is 0 Å². The Bertz CT molecular complexity index is 517. The molecule has 0 atom stereocenters. The van der Waals surface area contributed by atoms with Crippen LogP contribution < -0.4 is 11.5 Å². The molecule has 0 fully saturated rings. The molecule has 0 aliphatic carbocycles. The van der Waals surface area contributed by atoms with E-state index < -0.39 is 0 Å². The molecule has 0 radical (unpaired) electrons. The molecule has 4 N–H and O–H groups in total. The molecule has 5 heteroatoms. The van der Waals surface area contributed by atoms with E-state index in [1.807, 2.05) is 30.5 Å². The summed E-state index contributed by atoms with van der Waals surface area (Å²) in [7, 11) is 0. The minimum Gasteiger partial charge on any atom is -0.384 e. The minimum atomic E-state index is 0. The SMILES string of the molecule is CSc1ccccc1-c1ccc(N)nc1N.Cl. The van der Waals surface area contributed by atoms with Crippen molar-refractivity contribution >= 4 is 35.8 Å². The van der Waals surface area contributed by atoms with E-state index in [0.29, 0.717) is 11.6 Å². The first-order valence-corrected chi connectivity index (χ1v) is 6.10. The smallest absolute Gasteiger partial charge is 0.133 e. The standard InChI is InChI=1S/C12H13N3S.ClH/c1-16-10-5-3-2-4-8(10)9-6-7-11(13)15-12(9)14;/h2-7H,1H3,(H4,13,14,15);1H. The van der Waals surface area contributed by atoms with Gasteiger partial charge in [-0.25, -0.2) is 4.98 Å². The summed E-state index contributed by atoms with van der Waals surface area (Å²) in [5.74, 6) is 0.921. The molecule has 1 aromatic heterocycles. The number of benzene rings is 1. The van der Waals surface area contributed by atoms with Gasteiger partial charge in [0.1, 0.15) is 11.6 Å². The largest absolute Gasteiger partial charge is 0.384 e. The third-order valence-corrected chi connectivity index (χ3v) is 3.14. The molecule has 17 heavy (non-hydrogen) atoms. The normalized spacial score (nSPS) is 9.71. The van der Waals surface area contributed by atoms with Gasteiger partial charge in [0, 0.05) is 10.5 Å². The number of hydrogen-bond donors (Lipinski definition) is 2. The van der Waals surface area contributed by atoms with Gasteiger partial charge >= 0.3 is 0 Å². The number of nitrogens with zero attached hydrogens (tertiary/aromatic N) is 1. The molecule has 1 heterocycles. The molecule has 90 valence electrons. The van der Waals surface area contributed by atoms with E-state index in [2.05, 4.69) is 11.1 Å². The fourth-order valence-corrected chi connectivity index (χ4v) is 2.20. The fraction of sp³-hybridized carbons (Fsp3) is 0.0833. The lowest BCUT2D eigenvalue weighted by molar-refractivity contribution is 1.33. The van der Waals surface area contributed by atoms with E-state index in [1.54, 1.807) is 17.8 Å². The van der Waals surface area contributed by atoms with Gasteiger partial charge < -0.3 is 11.5 Å². The first-order valence-electron chi connectivity index (χ1n) is 4.87. The third kappa shape index (κ3) is 2.84. The predicted molar refractivity (Wildman–Crippen MR) is 77.5 cm³/mol. The third-order valence-electron chi connectivity index (χ3n) is 2.34. The van der Waals surface area contributed by atoms with E-state index in [9.17, 15) is 0 Å². The summed E-state index contributed by atoms with van der Waals surface area (Å²) in [6.45, 7) is 0. The molecule has 0 bridgehead atoms. The van der Waals surface area contributed by atoms with Crippen LogP contribution >= 0.6 is 24.2 Å². The predicted octanol–water partition coefficient (Wildman–Crippen LogP) is 3.06. The number of thioether (sulfide) groups is 1. The number of halogens is 1. The fourth-order valence-electron chi connectivity index (χ4n) is 1.59. The molecular weight excluding hydrogens is 254 g/mol. The van der Waals surface area contributed by atoms with Gasteiger partial charge in [-0.3, -0.25) is 0 Å². The maximum absolute atomic E-state index is 5.88. The average molecular weight is 268 g/mol. The lowest BCUT2D eigenvalue weighted by Crippen LogP contribution is -1.98. The summed E-state index contributed by atoms with van der Waals surface area (Å²) in [5, 5.41) is 0. The lowest BCUT2D eigenvalue weighted by Gasteiger charge is -2.09. The molecule has 0 aliphatic rings. The molecular formula is C12H14ClN3S. The Morgan fingerprint density at radius 2 is 1.71 bits per heavy atom. The molecule has 0 saturated carbocycles. The van der Waals surface area contributed by atoms with Crippen LogP contribution in [0.5, 0.6) is 0 Å². The van der Waals surface area contributed by atoms with Crippen LogP contribution in [0.2, 0.25) is 0 Å². The number of aromatic nitrogens is 1. The summed E-state index contributed by atoms with van der Waals surface area (Å²) < 4.78 is 0. The highest BCUT2D eigenvalue weighted by Gasteiger charge is 2.07. The quantitative estimate of drug-likeness (QED) is 0.821. The van der Waals surface area contributed by atoms with Crippen LogP contribution in [0.15, 0.2) is 41.3 Å². The first-order chi connectivity index (χ1) is 7.72. The van der Waals surface area contributed by atoms with Crippen molar-refractivity contribution in [3.63, 3.8) is 0 Å². The number of pyridine rings is 1. The molecule has 3 nitrogen and oxygen atoms in total. The molecule has 0 saturated heterocycles.